The van der Waals surface area contributed by atoms with Gasteiger partial charge in [-0.3, -0.25) is 13.9 Å². The van der Waals surface area contributed by atoms with Crippen molar-refractivity contribution in [1.29, 1.82) is 0 Å². The summed E-state index contributed by atoms with van der Waals surface area (Å²) in [4.78, 5) is 21.8. The molecule has 1 atom stereocenters. The molecule has 1 aromatic carbocycles. The molecule has 0 radical (unpaired) electrons. The number of hydrogen-bond acceptors (Lipinski definition) is 3. The molecule has 0 saturated carbocycles. The van der Waals surface area contributed by atoms with Crippen LogP contribution in [-0.4, -0.2) is 16.4 Å². The average molecular weight is 313 g/mol. The van der Waals surface area contributed by atoms with Crippen LogP contribution in [0.2, 0.25) is 0 Å². The molecule has 0 aliphatic carbocycles. The maximum atomic E-state index is 12.6. The zero-order valence-electron chi connectivity index (χ0n) is 12.9. The third-order valence-corrected chi connectivity index (χ3v) is 4.13. The maximum absolute atomic E-state index is 12.6. The van der Waals surface area contributed by atoms with Gasteiger partial charge in [0, 0.05) is 6.54 Å². The van der Waals surface area contributed by atoms with Gasteiger partial charge in [0.05, 0.1) is 0 Å². The first-order valence-electron chi connectivity index (χ1n) is 7.04. The summed E-state index contributed by atoms with van der Waals surface area (Å²) in [7, 11) is -3.22. The van der Waals surface area contributed by atoms with Gasteiger partial charge in [-0.25, -0.2) is 0 Å². The van der Waals surface area contributed by atoms with Crippen molar-refractivity contribution in [2.75, 3.05) is 0 Å². The molecule has 2 N–H and O–H groups in total. The Morgan fingerprint density at radius 3 is 2.19 bits per heavy atom. The molecule has 1 rings (SSSR count). The fourth-order valence-electron chi connectivity index (χ4n) is 2.53. The van der Waals surface area contributed by atoms with Crippen molar-refractivity contribution < 1.29 is 18.8 Å². The molecule has 6 heteroatoms. The average Bonchev–Trinajstić information content (AvgIpc) is 2.42. The highest BCUT2D eigenvalue weighted by atomic mass is 31.1. The van der Waals surface area contributed by atoms with E-state index in [0.29, 0.717) is 6.54 Å². The minimum absolute atomic E-state index is 0.227. The highest BCUT2D eigenvalue weighted by Gasteiger charge is 2.47. The second-order valence-corrected chi connectivity index (χ2v) is 6.37. The Bertz CT molecular complexity index is 480. The van der Waals surface area contributed by atoms with Crippen LogP contribution >= 0.6 is 8.25 Å². The van der Waals surface area contributed by atoms with E-state index < -0.39 is 13.9 Å². The van der Waals surface area contributed by atoms with E-state index in [-0.39, 0.29) is 17.7 Å². The predicted molar refractivity (Wildman–Crippen MR) is 83.0 cm³/mol. The molecule has 0 aliphatic rings. The van der Waals surface area contributed by atoms with Crippen molar-refractivity contribution in [2.24, 2.45) is 11.8 Å². The molecule has 1 amide bonds. The van der Waals surface area contributed by atoms with Gasteiger partial charge in [-0.15, -0.1) is 0 Å². The molecule has 0 fully saturated rings. The van der Waals surface area contributed by atoms with Gasteiger partial charge in [0.25, 0.3) is 5.91 Å². The topological polar surface area (TPSA) is 75.6 Å². The van der Waals surface area contributed by atoms with Crippen molar-refractivity contribution in [3.05, 3.63) is 35.9 Å². The molecule has 118 valence electrons. The van der Waals surface area contributed by atoms with Crippen LogP contribution in [0.25, 0.3) is 0 Å². The molecule has 0 aromatic heterocycles. The van der Waals surface area contributed by atoms with E-state index in [9.17, 15) is 9.36 Å². The first-order chi connectivity index (χ1) is 9.80. The number of nitrogens with one attached hydrogen (secondary N) is 1. The molecule has 1 unspecified atom stereocenters. The lowest BCUT2D eigenvalue weighted by Crippen LogP contribution is -2.55. The Hall–Kier alpha value is -1.16. The summed E-state index contributed by atoms with van der Waals surface area (Å²) in [6.45, 7) is 7.61. The minimum Gasteiger partial charge on any atom is -0.349 e. The van der Waals surface area contributed by atoms with Gasteiger partial charge in [0.2, 0.25) is 0 Å². The van der Waals surface area contributed by atoms with Gasteiger partial charge in [-0.05, 0) is 17.4 Å². The summed E-state index contributed by atoms with van der Waals surface area (Å²) in [5, 5.41) is 2.81. The first-order valence-corrected chi connectivity index (χ1v) is 8.31. The van der Waals surface area contributed by atoms with Crippen LogP contribution < -0.4 is 5.32 Å². The molecule has 5 nitrogen and oxygen atoms in total. The van der Waals surface area contributed by atoms with Gasteiger partial charge < -0.3 is 10.2 Å². The molecule has 0 aliphatic heterocycles. The highest BCUT2D eigenvalue weighted by molar-refractivity contribution is 7.32. The standard InChI is InChI=1S/C15H24NO4P/c1-11(2)15(12(3)4,20-21(18)19)14(17)16-10-13-8-6-5-7-9-13/h5-9,11-12,21H,10H2,1-4H3,(H,16,17)(H,18,19). The number of benzene rings is 1. The van der Waals surface area contributed by atoms with Gasteiger partial charge in [0.1, 0.15) is 0 Å². The largest absolute Gasteiger partial charge is 0.349 e. The second kappa shape index (κ2) is 7.74. The van der Waals surface area contributed by atoms with Gasteiger partial charge in [0.15, 0.2) is 5.60 Å². The van der Waals surface area contributed by atoms with E-state index in [1.807, 2.05) is 58.0 Å². The van der Waals surface area contributed by atoms with E-state index in [4.69, 9.17) is 9.42 Å². The van der Waals surface area contributed by atoms with Crippen LogP contribution in [0.15, 0.2) is 30.3 Å². The molecule has 0 saturated heterocycles. The predicted octanol–water partition coefficient (Wildman–Crippen LogP) is 2.75. The van der Waals surface area contributed by atoms with E-state index in [1.165, 1.54) is 0 Å². The number of amides is 1. The van der Waals surface area contributed by atoms with E-state index in [1.54, 1.807) is 0 Å². The summed E-state index contributed by atoms with van der Waals surface area (Å²) in [5.41, 5.74) is -0.344. The zero-order valence-corrected chi connectivity index (χ0v) is 13.9. The maximum Gasteiger partial charge on any atom is 0.317 e. The second-order valence-electron chi connectivity index (χ2n) is 5.64. The Labute approximate surface area is 126 Å². The Kier molecular flexibility index (Phi) is 6.59. The lowest BCUT2D eigenvalue weighted by atomic mass is 9.79. The van der Waals surface area contributed by atoms with Crippen LogP contribution in [-0.2, 0) is 20.4 Å². The monoisotopic (exact) mass is 313 g/mol. The third kappa shape index (κ3) is 4.40. The Balaban J connectivity index is 2.92. The van der Waals surface area contributed by atoms with Crippen molar-refractivity contribution in [2.45, 2.75) is 39.8 Å². The fourth-order valence-corrected chi connectivity index (χ4v) is 3.39. The molecule has 0 bridgehead atoms. The summed E-state index contributed by atoms with van der Waals surface area (Å²) in [6.07, 6.45) is 0. The normalized spacial score (nSPS) is 13.5. The van der Waals surface area contributed by atoms with Crippen molar-refractivity contribution in [3.63, 3.8) is 0 Å². The lowest BCUT2D eigenvalue weighted by molar-refractivity contribution is -0.146. The zero-order chi connectivity index (χ0) is 16.0. The van der Waals surface area contributed by atoms with Crippen LogP contribution in [0.4, 0.5) is 0 Å². The summed E-state index contributed by atoms with van der Waals surface area (Å²) >= 11 is 0. The SMILES string of the molecule is CC(C)C(O[PH](=O)O)(C(=O)NCc1ccccc1)C(C)C. The quantitative estimate of drug-likeness (QED) is 0.759. The molecule has 21 heavy (non-hydrogen) atoms. The van der Waals surface area contributed by atoms with Gasteiger partial charge in [-0.2, -0.15) is 0 Å². The number of hydrogen-bond donors (Lipinski definition) is 2. The van der Waals surface area contributed by atoms with Crippen molar-refractivity contribution in [1.82, 2.24) is 5.32 Å². The van der Waals surface area contributed by atoms with E-state index in [2.05, 4.69) is 5.32 Å². The van der Waals surface area contributed by atoms with E-state index >= 15 is 0 Å². The Morgan fingerprint density at radius 1 is 1.24 bits per heavy atom. The fraction of sp³-hybridized carbons (Fsp3) is 0.533. The third-order valence-electron chi connectivity index (χ3n) is 3.62. The van der Waals surface area contributed by atoms with E-state index in [0.717, 1.165) is 5.56 Å². The lowest BCUT2D eigenvalue weighted by Gasteiger charge is -2.38. The molecule has 0 spiro atoms. The minimum atomic E-state index is -3.22. The molecular weight excluding hydrogens is 289 g/mol. The van der Waals surface area contributed by atoms with Crippen LogP contribution in [0.3, 0.4) is 0 Å². The smallest absolute Gasteiger partial charge is 0.317 e. The van der Waals surface area contributed by atoms with Crippen LogP contribution in [0.5, 0.6) is 0 Å². The Morgan fingerprint density at radius 2 is 1.76 bits per heavy atom. The van der Waals surface area contributed by atoms with Gasteiger partial charge in [-0.1, -0.05) is 58.0 Å². The summed E-state index contributed by atoms with van der Waals surface area (Å²) < 4.78 is 16.4. The van der Waals surface area contributed by atoms with Crippen LogP contribution in [0, 0.1) is 11.8 Å². The molecule has 1 aromatic rings. The number of rotatable bonds is 7. The molecular formula is C15H24NO4P. The summed E-state index contributed by atoms with van der Waals surface area (Å²) in [5.74, 6) is -0.813. The van der Waals surface area contributed by atoms with Gasteiger partial charge >= 0.3 is 8.25 Å². The molecule has 0 heterocycles. The van der Waals surface area contributed by atoms with Crippen LogP contribution in [0.1, 0.15) is 33.3 Å². The number of carbonyl (C=O) groups excluding carboxylic acids is 1. The van der Waals surface area contributed by atoms with Crippen molar-refractivity contribution in [3.8, 4) is 0 Å². The van der Waals surface area contributed by atoms with Crippen molar-refractivity contribution >= 4 is 14.2 Å². The number of carbonyl (C=O) groups is 1. The highest BCUT2D eigenvalue weighted by Crippen LogP contribution is 2.38. The first kappa shape index (κ1) is 17.9. The summed E-state index contributed by atoms with van der Waals surface area (Å²) in [6, 6.07) is 9.49.